The van der Waals surface area contributed by atoms with Crippen LogP contribution in [0.4, 0.5) is 5.69 Å². The number of benzene rings is 2. The highest BCUT2D eigenvalue weighted by Crippen LogP contribution is 2.23. The minimum Gasteiger partial charge on any atom is -0.372 e. The summed E-state index contributed by atoms with van der Waals surface area (Å²) in [5.41, 5.74) is 2.01. The van der Waals surface area contributed by atoms with Crippen LogP contribution >= 0.6 is 0 Å². The first-order valence-corrected chi connectivity index (χ1v) is 7.02. The molecule has 0 amide bonds. The van der Waals surface area contributed by atoms with E-state index in [0.717, 1.165) is 43.2 Å². The van der Waals surface area contributed by atoms with Crippen LogP contribution in [0.2, 0.25) is 0 Å². The maximum atomic E-state index is 10.8. The normalized spacial score (nSPS) is 10.6. The van der Waals surface area contributed by atoms with Crippen molar-refractivity contribution >= 4 is 22.7 Å². The van der Waals surface area contributed by atoms with E-state index in [1.165, 1.54) is 11.1 Å². The van der Waals surface area contributed by atoms with Gasteiger partial charge in [0.1, 0.15) is 6.29 Å². The number of rotatable bonds is 6. The van der Waals surface area contributed by atoms with Gasteiger partial charge in [0.05, 0.1) is 0 Å². The van der Waals surface area contributed by atoms with E-state index in [2.05, 4.69) is 36.9 Å². The lowest BCUT2D eigenvalue weighted by Gasteiger charge is -2.24. The summed E-state index contributed by atoms with van der Waals surface area (Å²) in [5, 5.41) is 2.32. The fraction of sp³-hybridized carbons (Fsp3) is 0.353. The summed E-state index contributed by atoms with van der Waals surface area (Å²) in [6.45, 7) is 6.59. The van der Waals surface area contributed by atoms with Crippen molar-refractivity contribution in [2.75, 3.05) is 18.0 Å². The smallest absolute Gasteiger partial charge is 0.150 e. The Morgan fingerprint density at radius 2 is 1.58 bits per heavy atom. The van der Waals surface area contributed by atoms with E-state index in [4.69, 9.17) is 0 Å². The fourth-order valence-corrected chi connectivity index (χ4v) is 2.43. The molecule has 2 heteroatoms. The van der Waals surface area contributed by atoms with E-state index in [1.54, 1.807) is 0 Å². The highest BCUT2D eigenvalue weighted by molar-refractivity contribution is 5.90. The third-order valence-corrected chi connectivity index (χ3v) is 3.34. The lowest BCUT2D eigenvalue weighted by Crippen LogP contribution is -2.24. The Bertz CT molecular complexity index is 556. The lowest BCUT2D eigenvalue weighted by molar-refractivity contribution is 0.112. The van der Waals surface area contributed by atoms with Crippen LogP contribution in [0.25, 0.3) is 10.8 Å². The van der Waals surface area contributed by atoms with Gasteiger partial charge in [0.2, 0.25) is 0 Å². The summed E-state index contributed by atoms with van der Waals surface area (Å²) >= 11 is 0. The second-order valence-electron chi connectivity index (χ2n) is 4.90. The van der Waals surface area contributed by atoms with Crippen molar-refractivity contribution < 1.29 is 4.79 Å². The number of nitrogens with zero attached hydrogens (tertiary/aromatic N) is 1. The first kappa shape index (κ1) is 13.6. The highest BCUT2D eigenvalue weighted by Gasteiger charge is 2.05. The van der Waals surface area contributed by atoms with E-state index in [1.807, 2.05) is 18.2 Å². The van der Waals surface area contributed by atoms with Crippen LogP contribution < -0.4 is 4.90 Å². The molecule has 2 aromatic rings. The third kappa shape index (κ3) is 3.14. The van der Waals surface area contributed by atoms with Crippen LogP contribution in [0.3, 0.4) is 0 Å². The molecule has 0 bridgehead atoms. The molecule has 0 atom stereocenters. The van der Waals surface area contributed by atoms with Crippen molar-refractivity contribution in [2.45, 2.75) is 26.7 Å². The predicted molar refractivity (Wildman–Crippen MR) is 82.1 cm³/mol. The van der Waals surface area contributed by atoms with E-state index in [0.29, 0.717) is 0 Å². The summed E-state index contributed by atoms with van der Waals surface area (Å²) in [7, 11) is 0. The van der Waals surface area contributed by atoms with Crippen molar-refractivity contribution in [3.63, 3.8) is 0 Å². The van der Waals surface area contributed by atoms with Crippen LogP contribution in [0.1, 0.15) is 37.0 Å². The second-order valence-corrected chi connectivity index (χ2v) is 4.90. The van der Waals surface area contributed by atoms with Gasteiger partial charge in [0, 0.05) is 24.3 Å². The van der Waals surface area contributed by atoms with E-state index in [-0.39, 0.29) is 0 Å². The standard InChI is InChI=1S/C17H21NO/c1-3-9-18(10-4-2)17-8-7-15-11-14(13-19)5-6-16(15)12-17/h5-8,11-13H,3-4,9-10H2,1-2H3. The molecule has 0 heterocycles. The molecule has 0 aromatic heterocycles. The Morgan fingerprint density at radius 3 is 2.21 bits per heavy atom. The highest BCUT2D eigenvalue weighted by atomic mass is 16.1. The number of fused-ring (bicyclic) bond motifs is 1. The van der Waals surface area contributed by atoms with E-state index >= 15 is 0 Å². The van der Waals surface area contributed by atoms with E-state index < -0.39 is 0 Å². The number of hydrogen-bond acceptors (Lipinski definition) is 2. The third-order valence-electron chi connectivity index (χ3n) is 3.34. The minimum atomic E-state index is 0.735. The van der Waals surface area contributed by atoms with Crippen LogP contribution in [-0.4, -0.2) is 19.4 Å². The molecular weight excluding hydrogens is 234 g/mol. The molecule has 2 rings (SSSR count). The number of aldehydes is 1. The molecule has 0 N–H and O–H groups in total. The maximum Gasteiger partial charge on any atom is 0.150 e. The zero-order chi connectivity index (χ0) is 13.7. The van der Waals surface area contributed by atoms with Gasteiger partial charge in [0.25, 0.3) is 0 Å². The van der Waals surface area contributed by atoms with Crippen molar-refractivity contribution in [2.24, 2.45) is 0 Å². The van der Waals surface area contributed by atoms with Gasteiger partial charge in [-0.2, -0.15) is 0 Å². The molecule has 0 radical (unpaired) electrons. The van der Waals surface area contributed by atoms with E-state index in [9.17, 15) is 4.79 Å². The number of hydrogen-bond donors (Lipinski definition) is 0. The molecule has 2 aromatic carbocycles. The molecule has 0 aliphatic carbocycles. The number of anilines is 1. The first-order chi connectivity index (χ1) is 9.28. The number of carbonyl (C=O) groups excluding carboxylic acids is 1. The zero-order valence-electron chi connectivity index (χ0n) is 11.7. The first-order valence-electron chi connectivity index (χ1n) is 7.02. The average molecular weight is 255 g/mol. The Balaban J connectivity index is 2.36. The van der Waals surface area contributed by atoms with Crippen molar-refractivity contribution in [3.8, 4) is 0 Å². The lowest BCUT2D eigenvalue weighted by atomic mass is 10.1. The summed E-state index contributed by atoms with van der Waals surface area (Å²) in [4.78, 5) is 13.2. The Kier molecular flexibility index (Phi) is 4.56. The zero-order valence-corrected chi connectivity index (χ0v) is 11.7. The number of carbonyl (C=O) groups is 1. The van der Waals surface area contributed by atoms with Gasteiger partial charge in [0.15, 0.2) is 0 Å². The second kappa shape index (κ2) is 6.37. The predicted octanol–water partition coefficient (Wildman–Crippen LogP) is 4.28. The SMILES string of the molecule is CCCN(CCC)c1ccc2cc(C=O)ccc2c1. The Hall–Kier alpha value is -1.83. The Labute approximate surface area is 115 Å². The molecule has 2 nitrogen and oxygen atoms in total. The van der Waals surface area contributed by atoms with Crippen LogP contribution in [0, 0.1) is 0 Å². The molecule has 0 unspecified atom stereocenters. The van der Waals surface area contributed by atoms with Crippen molar-refractivity contribution in [3.05, 3.63) is 42.0 Å². The molecule has 0 aliphatic rings. The van der Waals surface area contributed by atoms with Gasteiger partial charge in [-0.1, -0.05) is 32.0 Å². The molecular formula is C17H21NO. The fourth-order valence-electron chi connectivity index (χ4n) is 2.43. The van der Waals surface area contributed by atoms with Gasteiger partial charge in [-0.3, -0.25) is 4.79 Å². The van der Waals surface area contributed by atoms with Gasteiger partial charge in [-0.25, -0.2) is 0 Å². The van der Waals surface area contributed by atoms with Gasteiger partial charge >= 0.3 is 0 Å². The van der Waals surface area contributed by atoms with Gasteiger partial charge < -0.3 is 4.90 Å². The molecule has 0 saturated heterocycles. The summed E-state index contributed by atoms with van der Waals surface area (Å²) in [6.07, 6.45) is 3.21. The topological polar surface area (TPSA) is 20.3 Å². The van der Waals surface area contributed by atoms with Crippen LogP contribution in [-0.2, 0) is 0 Å². The quantitative estimate of drug-likeness (QED) is 0.718. The largest absolute Gasteiger partial charge is 0.372 e. The molecule has 19 heavy (non-hydrogen) atoms. The van der Waals surface area contributed by atoms with Crippen LogP contribution in [0.5, 0.6) is 0 Å². The average Bonchev–Trinajstić information content (AvgIpc) is 2.46. The van der Waals surface area contributed by atoms with Crippen molar-refractivity contribution in [1.82, 2.24) is 0 Å². The Morgan fingerprint density at radius 1 is 0.947 bits per heavy atom. The summed E-state index contributed by atoms with van der Waals surface area (Å²) < 4.78 is 0. The van der Waals surface area contributed by atoms with Crippen LogP contribution in [0.15, 0.2) is 36.4 Å². The van der Waals surface area contributed by atoms with Crippen molar-refractivity contribution in [1.29, 1.82) is 0 Å². The molecule has 0 aliphatic heterocycles. The van der Waals surface area contributed by atoms with Gasteiger partial charge in [-0.05, 0) is 41.8 Å². The molecule has 0 spiro atoms. The van der Waals surface area contributed by atoms with Gasteiger partial charge in [-0.15, -0.1) is 0 Å². The molecule has 0 saturated carbocycles. The maximum absolute atomic E-state index is 10.8. The molecule has 0 fully saturated rings. The molecule has 100 valence electrons. The summed E-state index contributed by atoms with van der Waals surface area (Å²) in [6, 6.07) is 12.3. The summed E-state index contributed by atoms with van der Waals surface area (Å²) in [5.74, 6) is 0. The minimum absolute atomic E-state index is 0.735. The monoisotopic (exact) mass is 255 g/mol.